The van der Waals surface area contributed by atoms with E-state index in [4.69, 9.17) is 0 Å². The first-order chi connectivity index (χ1) is 13.5. The summed E-state index contributed by atoms with van der Waals surface area (Å²) in [5.41, 5.74) is 3.78. The molecular formula is C22H23FN4O. The van der Waals surface area contributed by atoms with Crippen LogP contribution in [0.1, 0.15) is 52.5 Å². The van der Waals surface area contributed by atoms with Crippen LogP contribution in [0, 0.1) is 12.7 Å². The molecule has 4 rings (SSSR count). The van der Waals surface area contributed by atoms with Gasteiger partial charge in [0, 0.05) is 6.54 Å². The maximum absolute atomic E-state index is 13.0. The van der Waals surface area contributed by atoms with Crippen LogP contribution in [0.25, 0.3) is 0 Å². The molecule has 1 aliphatic rings. The lowest BCUT2D eigenvalue weighted by Gasteiger charge is -2.31. The van der Waals surface area contributed by atoms with Crippen LogP contribution in [0.3, 0.4) is 0 Å². The van der Waals surface area contributed by atoms with E-state index in [0.29, 0.717) is 12.1 Å². The van der Waals surface area contributed by atoms with E-state index in [9.17, 15) is 9.18 Å². The number of fused-ring (bicyclic) bond motifs is 1. The quantitative estimate of drug-likeness (QED) is 0.708. The topological polar surface area (TPSA) is 59.0 Å². The Morgan fingerprint density at radius 3 is 2.64 bits per heavy atom. The molecule has 1 aliphatic heterocycles. The van der Waals surface area contributed by atoms with E-state index >= 15 is 0 Å². The van der Waals surface area contributed by atoms with Crippen molar-refractivity contribution in [1.29, 1.82) is 0 Å². The Labute approximate surface area is 163 Å². The van der Waals surface area contributed by atoms with Gasteiger partial charge in [-0.3, -0.25) is 4.79 Å². The lowest BCUT2D eigenvalue weighted by Crippen LogP contribution is -2.28. The molecule has 5 nitrogen and oxygen atoms in total. The van der Waals surface area contributed by atoms with Gasteiger partial charge in [0.2, 0.25) is 0 Å². The smallest absolute Gasteiger partial charge is 0.256 e. The third-order valence-corrected chi connectivity index (χ3v) is 5.19. The number of carbonyl (C=O) groups excluding carboxylic acids is 1. The van der Waals surface area contributed by atoms with Crippen molar-refractivity contribution in [3.63, 3.8) is 0 Å². The number of nitrogens with one attached hydrogen (secondary N) is 2. The maximum atomic E-state index is 13.0. The number of carbonyl (C=O) groups is 1. The molecule has 1 amide bonds. The second kappa shape index (κ2) is 7.46. The third-order valence-electron chi connectivity index (χ3n) is 5.19. The van der Waals surface area contributed by atoms with Gasteiger partial charge in [-0.2, -0.15) is 5.10 Å². The van der Waals surface area contributed by atoms with Gasteiger partial charge in [-0.1, -0.05) is 42.0 Å². The van der Waals surface area contributed by atoms with Crippen molar-refractivity contribution >= 4 is 11.7 Å². The summed E-state index contributed by atoms with van der Waals surface area (Å²) in [6.07, 6.45) is 2.50. The van der Waals surface area contributed by atoms with Gasteiger partial charge in [-0.05, 0) is 43.5 Å². The van der Waals surface area contributed by atoms with Crippen LogP contribution in [0.5, 0.6) is 0 Å². The molecule has 6 heteroatoms. The number of hydrogen-bond donors (Lipinski definition) is 2. The summed E-state index contributed by atoms with van der Waals surface area (Å²) in [5.74, 6) is 0.247. The molecule has 144 valence electrons. The van der Waals surface area contributed by atoms with Crippen molar-refractivity contribution in [2.24, 2.45) is 0 Å². The van der Waals surface area contributed by atoms with Crippen molar-refractivity contribution in [3.05, 3.63) is 82.8 Å². The lowest BCUT2D eigenvalue weighted by atomic mass is 9.97. The highest BCUT2D eigenvalue weighted by Crippen LogP contribution is 2.36. The lowest BCUT2D eigenvalue weighted by molar-refractivity contribution is 0.0951. The third kappa shape index (κ3) is 3.63. The number of nitrogens with zero attached hydrogens (tertiary/aromatic N) is 2. The highest BCUT2D eigenvalue weighted by molar-refractivity contribution is 5.98. The standard InChI is InChI=1S/C22H23FN4O/c1-14-3-7-17(8-4-14)20-11-15(2)27-21(26-20)19(13-25-27)22(28)24-12-16-5-9-18(23)10-6-16/h3-10,13,15,20,26H,11-12H2,1-2H3,(H,24,28)/t15-,20-/m1/s1. The Bertz CT molecular complexity index is 979. The van der Waals surface area contributed by atoms with Crippen LogP contribution in [-0.2, 0) is 6.54 Å². The van der Waals surface area contributed by atoms with E-state index in [1.165, 1.54) is 23.3 Å². The molecule has 0 radical (unpaired) electrons. The average molecular weight is 378 g/mol. The Morgan fingerprint density at radius 2 is 1.93 bits per heavy atom. The van der Waals surface area contributed by atoms with Crippen molar-refractivity contribution in [3.8, 4) is 0 Å². The largest absolute Gasteiger partial charge is 0.363 e. The van der Waals surface area contributed by atoms with Crippen LogP contribution < -0.4 is 10.6 Å². The van der Waals surface area contributed by atoms with E-state index in [1.807, 2.05) is 4.68 Å². The number of hydrogen-bond acceptors (Lipinski definition) is 3. The molecule has 1 aromatic heterocycles. The summed E-state index contributed by atoms with van der Waals surface area (Å²) in [6.45, 7) is 4.51. The summed E-state index contributed by atoms with van der Waals surface area (Å²) in [4.78, 5) is 12.7. The first-order valence-corrected chi connectivity index (χ1v) is 9.44. The fraction of sp³-hybridized carbons (Fsp3) is 0.273. The minimum atomic E-state index is -0.291. The number of amides is 1. The van der Waals surface area contributed by atoms with Gasteiger partial charge in [-0.25, -0.2) is 9.07 Å². The highest BCUT2D eigenvalue weighted by Gasteiger charge is 2.29. The second-order valence-corrected chi connectivity index (χ2v) is 7.35. The van der Waals surface area contributed by atoms with E-state index in [0.717, 1.165) is 17.8 Å². The Morgan fingerprint density at radius 1 is 1.21 bits per heavy atom. The first-order valence-electron chi connectivity index (χ1n) is 9.44. The Kier molecular flexibility index (Phi) is 4.86. The van der Waals surface area contributed by atoms with Gasteiger partial charge >= 0.3 is 0 Å². The summed E-state index contributed by atoms with van der Waals surface area (Å²) in [5, 5.41) is 10.8. The molecule has 0 bridgehead atoms. The minimum Gasteiger partial charge on any atom is -0.363 e. The predicted molar refractivity (Wildman–Crippen MR) is 107 cm³/mol. The van der Waals surface area contributed by atoms with Crippen LogP contribution in [0.4, 0.5) is 10.2 Å². The van der Waals surface area contributed by atoms with Gasteiger partial charge in [-0.15, -0.1) is 0 Å². The van der Waals surface area contributed by atoms with Gasteiger partial charge in [0.05, 0.1) is 18.3 Å². The summed E-state index contributed by atoms with van der Waals surface area (Å²) >= 11 is 0. The molecule has 0 aliphatic carbocycles. The Hall–Kier alpha value is -3.15. The SMILES string of the molecule is Cc1ccc([C@H]2C[C@@H](C)n3ncc(C(=O)NCc4ccc(F)cc4)c3N2)cc1. The van der Waals surface area contributed by atoms with Crippen molar-refractivity contribution < 1.29 is 9.18 Å². The number of benzene rings is 2. The molecule has 3 aromatic rings. The molecule has 0 fully saturated rings. The van der Waals surface area contributed by atoms with E-state index < -0.39 is 0 Å². The van der Waals surface area contributed by atoms with Gasteiger partial charge in [0.1, 0.15) is 17.2 Å². The average Bonchev–Trinajstić information content (AvgIpc) is 3.12. The number of aryl methyl sites for hydroxylation is 1. The van der Waals surface area contributed by atoms with Crippen LogP contribution >= 0.6 is 0 Å². The summed E-state index contributed by atoms with van der Waals surface area (Å²) in [7, 11) is 0. The Balaban J connectivity index is 1.52. The predicted octanol–water partition coefficient (Wildman–Crippen LogP) is 4.38. The molecule has 2 aromatic carbocycles. The fourth-order valence-electron chi connectivity index (χ4n) is 3.57. The van der Waals surface area contributed by atoms with Gasteiger partial charge in [0.25, 0.3) is 5.91 Å². The zero-order valence-corrected chi connectivity index (χ0v) is 15.9. The molecule has 2 N–H and O–H groups in total. The normalized spacial score (nSPS) is 18.2. The molecule has 2 atom stereocenters. The molecule has 0 saturated carbocycles. The zero-order chi connectivity index (χ0) is 19.7. The molecule has 28 heavy (non-hydrogen) atoms. The molecule has 2 heterocycles. The first kappa shape index (κ1) is 18.2. The molecule has 0 spiro atoms. The van der Waals surface area contributed by atoms with Crippen molar-refractivity contribution in [1.82, 2.24) is 15.1 Å². The fourth-order valence-corrected chi connectivity index (χ4v) is 3.57. The summed E-state index contributed by atoms with van der Waals surface area (Å²) < 4.78 is 14.9. The number of aromatic nitrogens is 2. The second-order valence-electron chi connectivity index (χ2n) is 7.35. The zero-order valence-electron chi connectivity index (χ0n) is 15.9. The van der Waals surface area contributed by atoms with Crippen LogP contribution in [0.15, 0.2) is 54.7 Å². The molecular weight excluding hydrogens is 355 g/mol. The van der Waals surface area contributed by atoms with Crippen LogP contribution in [-0.4, -0.2) is 15.7 Å². The molecule has 0 saturated heterocycles. The number of rotatable bonds is 4. The van der Waals surface area contributed by atoms with Crippen molar-refractivity contribution in [2.75, 3.05) is 5.32 Å². The van der Waals surface area contributed by atoms with E-state index in [-0.39, 0.29) is 23.8 Å². The van der Waals surface area contributed by atoms with Crippen molar-refractivity contribution in [2.45, 2.75) is 38.9 Å². The van der Waals surface area contributed by atoms with E-state index in [2.05, 4.69) is 53.8 Å². The number of anilines is 1. The monoisotopic (exact) mass is 378 g/mol. The number of halogens is 1. The maximum Gasteiger partial charge on any atom is 0.256 e. The van der Waals surface area contributed by atoms with E-state index in [1.54, 1.807) is 18.3 Å². The summed E-state index contributed by atoms with van der Waals surface area (Å²) in [6, 6.07) is 14.9. The van der Waals surface area contributed by atoms with Gasteiger partial charge in [0.15, 0.2) is 0 Å². The van der Waals surface area contributed by atoms with Gasteiger partial charge < -0.3 is 10.6 Å². The minimum absolute atomic E-state index is 0.128. The molecule has 0 unspecified atom stereocenters. The highest BCUT2D eigenvalue weighted by atomic mass is 19.1. The van der Waals surface area contributed by atoms with Crippen LogP contribution in [0.2, 0.25) is 0 Å².